The normalized spacial score (nSPS) is 20.3. The van der Waals surface area contributed by atoms with Gasteiger partial charge in [0.15, 0.2) is 5.11 Å². The summed E-state index contributed by atoms with van der Waals surface area (Å²) < 4.78 is 0. The summed E-state index contributed by atoms with van der Waals surface area (Å²) in [6.07, 6.45) is 9.98. The molecular weight excluding hydrogens is 481 g/mol. The Morgan fingerprint density at radius 2 is 1.79 bits per heavy atom. The third-order valence-corrected chi connectivity index (χ3v) is 7.75. The Kier molecular flexibility index (Phi) is 7.71. The fraction of sp³-hybridized carbons (Fsp3) is 0.429. The van der Waals surface area contributed by atoms with Crippen molar-refractivity contribution in [2.24, 2.45) is 10.4 Å². The third-order valence-electron chi connectivity index (χ3n) is 6.87. The molecule has 2 aromatic carbocycles. The van der Waals surface area contributed by atoms with E-state index in [4.69, 9.17) is 40.4 Å². The molecule has 0 bridgehead atoms. The Morgan fingerprint density at radius 3 is 2.44 bits per heavy atom. The standard InChI is InChI=1S/C28H33Cl2N3S/c1-27(2,3)24(15-13-21-12-14-22(29)18-23(21)30)31-25-28(16-8-5-9-17-28)33(26(34)32-25)19-20-10-6-4-7-11-20/h4,6-7,10-15,18,24H,5,8-9,16-17,19H2,1-3H3,(H,31,32,34)/b15-13+/t24-/m0/s1. The quantitative estimate of drug-likeness (QED) is 0.411. The largest absolute Gasteiger partial charge is 0.332 e. The summed E-state index contributed by atoms with van der Waals surface area (Å²) in [7, 11) is 0. The minimum absolute atomic E-state index is 0.0416. The molecule has 3 nitrogen and oxygen atoms in total. The van der Waals surface area contributed by atoms with Crippen molar-refractivity contribution in [1.29, 1.82) is 0 Å². The highest BCUT2D eigenvalue weighted by Gasteiger charge is 2.49. The number of rotatable bonds is 5. The van der Waals surface area contributed by atoms with Crippen LogP contribution in [0, 0.1) is 5.41 Å². The van der Waals surface area contributed by atoms with Gasteiger partial charge in [0.05, 0.1) is 6.04 Å². The van der Waals surface area contributed by atoms with E-state index in [9.17, 15) is 0 Å². The van der Waals surface area contributed by atoms with E-state index in [2.05, 4.69) is 73.5 Å². The first kappa shape index (κ1) is 25.2. The maximum absolute atomic E-state index is 6.42. The van der Waals surface area contributed by atoms with Crippen LogP contribution in [0.1, 0.15) is 64.0 Å². The predicted molar refractivity (Wildman–Crippen MR) is 150 cm³/mol. The number of benzene rings is 2. The molecule has 1 aliphatic carbocycles. The molecular formula is C28H33Cl2N3S. The van der Waals surface area contributed by atoms with Gasteiger partial charge >= 0.3 is 0 Å². The lowest BCUT2D eigenvalue weighted by Gasteiger charge is -2.41. The van der Waals surface area contributed by atoms with Crippen LogP contribution in [0.25, 0.3) is 6.08 Å². The SMILES string of the molecule is CC(C)(C)[C@H](/C=C/c1ccc(Cl)cc1Cl)N=C1NC(=S)N(Cc2ccccc2)C12CCCCC2. The van der Waals surface area contributed by atoms with Crippen LogP contribution in [0.15, 0.2) is 59.6 Å². The lowest BCUT2D eigenvalue weighted by molar-refractivity contribution is 0.192. The van der Waals surface area contributed by atoms with Crippen LogP contribution in [0.4, 0.5) is 0 Å². The van der Waals surface area contributed by atoms with Gasteiger partial charge in [-0.3, -0.25) is 4.99 Å². The molecule has 4 rings (SSSR count). The lowest BCUT2D eigenvalue weighted by Crippen LogP contribution is -2.51. The Bertz CT molecular complexity index is 1080. The summed E-state index contributed by atoms with van der Waals surface area (Å²) in [4.78, 5) is 7.73. The van der Waals surface area contributed by atoms with Crippen molar-refractivity contribution in [2.45, 2.75) is 71.0 Å². The summed E-state index contributed by atoms with van der Waals surface area (Å²) in [5.41, 5.74) is 1.96. The fourth-order valence-corrected chi connectivity index (χ4v) is 5.70. The van der Waals surface area contributed by atoms with Gasteiger partial charge in [-0.15, -0.1) is 0 Å². The number of hydrogen-bond acceptors (Lipinski definition) is 2. The first-order valence-corrected chi connectivity index (χ1v) is 13.2. The van der Waals surface area contributed by atoms with Gasteiger partial charge in [0.25, 0.3) is 0 Å². The van der Waals surface area contributed by atoms with Crippen LogP contribution < -0.4 is 5.32 Å². The number of halogens is 2. The molecule has 1 aliphatic heterocycles. The van der Waals surface area contributed by atoms with Crippen LogP contribution in [0.5, 0.6) is 0 Å². The molecule has 1 N–H and O–H groups in total. The van der Waals surface area contributed by atoms with Gasteiger partial charge in [0, 0.05) is 16.6 Å². The molecule has 34 heavy (non-hydrogen) atoms. The molecule has 0 unspecified atom stereocenters. The van der Waals surface area contributed by atoms with E-state index in [1.807, 2.05) is 12.1 Å². The maximum Gasteiger partial charge on any atom is 0.175 e. The van der Waals surface area contributed by atoms with Crippen molar-refractivity contribution in [1.82, 2.24) is 10.2 Å². The smallest absolute Gasteiger partial charge is 0.175 e. The van der Waals surface area contributed by atoms with Crippen molar-refractivity contribution in [3.8, 4) is 0 Å². The number of hydrogen-bond donors (Lipinski definition) is 1. The minimum atomic E-state index is -0.166. The molecule has 0 aromatic heterocycles. The van der Waals surface area contributed by atoms with Crippen LogP contribution in [0.2, 0.25) is 10.0 Å². The van der Waals surface area contributed by atoms with Gasteiger partial charge in [-0.1, -0.05) is 112 Å². The number of aliphatic imine (C=N–C) groups is 1. The zero-order valence-corrected chi connectivity index (χ0v) is 22.5. The zero-order chi connectivity index (χ0) is 24.3. The molecule has 1 spiro atoms. The first-order valence-electron chi connectivity index (χ1n) is 12.0. The Hall–Kier alpha value is -1.88. The third kappa shape index (κ3) is 5.50. The highest BCUT2D eigenvalue weighted by molar-refractivity contribution is 7.80. The van der Waals surface area contributed by atoms with Gasteiger partial charge in [-0.2, -0.15) is 0 Å². The van der Waals surface area contributed by atoms with E-state index >= 15 is 0 Å². The van der Waals surface area contributed by atoms with Crippen molar-refractivity contribution >= 4 is 52.4 Å². The van der Waals surface area contributed by atoms with Crippen LogP contribution >= 0.6 is 35.4 Å². The van der Waals surface area contributed by atoms with E-state index in [-0.39, 0.29) is 17.0 Å². The van der Waals surface area contributed by atoms with E-state index < -0.39 is 0 Å². The van der Waals surface area contributed by atoms with Crippen LogP contribution in [0.3, 0.4) is 0 Å². The number of nitrogens with zero attached hydrogens (tertiary/aromatic N) is 2. The van der Waals surface area contributed by atoms with Gasteiger partial charge in [-0.05, 0) is 53.7 Å². The number of nitrogens with one attached hydrogen (secondary N) is 1. The van der Waals surface area contributed by atoms with E-state index in [1.165, 1.54) is 24.8 Å². The van der Waals surface area contributed by atoms with Gasteiger partial charge in [-0.25, -0.2) is 0 Å². The van der Waals surface area contributed by atoms with Crippen LogP contribution in [-0.4, -0.2) is 27.4 Å². The molecule has 2 aliphatic rings. The predicted octanol–water partition coefficient (Wildman–Crippen LogP) is 7.91. The van der Waals surface area contributed by atoms with Crippen molar-refractivity contribution < 1.29 is 0 Å². The van der Waals surface area contributed by atoms with Crippen molar-refractivity contribution in [3.63, 3.8) is 0 Å². The average Bonchev–Trinajstić information content (AvgIpc) is 3.03. The Balaban J connectivity index is 1.69. The molecule has 2 fully saturated rings. The molecule has 2 aromatic rings. The Morgan fingerprint density at radius 1 is 1.09 bits per heavy atom. The summed E-state index contributed by atoms with van der Waals surface area (Å²) in [5.74, 6) is 1.01. The maximum atomic E-state index is 6.42. The second-order valence-electron chi connectivity index (χ2n) is 10.4. The highest BCUT2D eigenvalue weighted by Crippen LogP contribution is 2.40. The van der Waals surface area contributed by atoms with E-state index in [0.29, 0.717) is 10.0 Å². The second kappa shape index (κ2) is 10.4. The van der Waals surface area contributed by atoms with Gasteiger partial charge < -0.3 is 10.2 Å². The lowest BCUT2D eigenvalue weighted by atomic mass is 9.79. The number of amidine groups is 1. The summed E-state index contributed by atoms with van der Waals surface area (Å²) >= 11 is 18.4. The molecule has 0 radical (unpaired) electrons. The molecule has 6 heteroatoms. The van der Waals surface area contributed by atoms with Crippen LogP contribution in [-0.2, 0) is 6.54 Å². The van der Waals surface area contributed by atoms with E-state index in [0.717, 1.165) is 35.9 Å². The minimum Gasteiger partial charge on any atom is -0.332 e. The molecule has 1 atom stereocenters. The van der Waals surface area contributed by atoms with Crippen molar-refractivity contribution in [3.05, 3.63) is 75.8 Å². The monoisotopic (exact) mass is 513 g/mol. The van der Waals surface area contributed by atoms with Crippen molar-refractivity contribution in [2.75, 3.05) is 0 Å². The fourth-order valence-electron chi connectivity index (χ4n) is 4.89. The average molecular weight is 515 g/mol. The summed E-state index contributed by atoms with van der Waals surface area (Å²) in [5, 5.41) is 5.59. The molecule has 1 saturated carbocycles. The Labute approximate surface area is 219 Å². The highest BCUT2D eigenvalue weighted by atomic mass is 35.5. The number of thiocarbonyl (C=S) groups is 1. The van der Waals surface area contributed by atoms with Gasteiger partial charge in [0.1, 0.15) is 11.4 Å². The summed E-state index contributed by atoms with van der Waals surface area (Å²) in [6.45, 7) is 7.45. The molecule has 180 valence electrons. The molecule has 1 heterocycles. The molecule has 0 amide bonds. The van der Waals surface area contributed by atoms with E-state index in [1.54, 1.807) is 6.07 Å². The van der Waals surface area contributed by atoms with Gasteiger partial charge in [0.2, 0.25) is 0 Å². The summed E-state index contributed by atoms with van der Waals surface area (Å²) in [6, 6.07) is 16.1. The first-order chi connectivity index (χ1) is 16.2. The topological polar surface area (TPSA) is 27.6 Å². The second-order valence-corrected chi connectivity index (χ2v) is 11.6. The molecule has 1 saturated heterocycles. The zero-order valence-electron chi connectivity index (χ0n) is 20.2.